The number of rotatable bonds is 17. The highest BCUT2D eigenvalue weighted by Crippen LogP contribution is 2.36. The average molecular weight is 607 g/mol. The van der Waals surface area contributed by atoms with E-state index in [-0.39, 0.29) is 5.97 Å². The summed E-state index contributed by atoms with van der Waals surface area (Å²) in [5.41, 5.74) is -11.9. The van der Waals surface area contributed by atoms with Gasteiger partial charge < -0.3 is 13.3 Å². The summed E-state index contributed by atoms with van der Waals surface area (Å²) in [6.07, 6.45) is 9.96. The van der Waals surface area contributed by atoms with Crippen LogP contribution < -0.4 is 0 Å². The van der Waals surface area contributed by atoms with Crippen LogP contribution in [0.4, 0.5) is 26.3 Å². The van der Waals surface area contributed by atoms with Crippen LogP contribution in [0.3, 0.4) is 0 Å². The van der Waals surface area contributed by atoms with Gasteiger partial charge in [0.05, 0.1) is 32.8 Å². The second-order valence-electron chi connectivity index (χ2n) is 8.84. The van der Waals surface area contributed by atoms with E-state index in [2.05, 4.69) is 27.4 Å². The van der Waals surface area contributed by atoms with Crippen molar-refractivity contribution >= 4 is 26.0 Å². The lowest BCUT2D eigenvalue weighted by Gasteiger charge is -2.39. The van der Waals surface area contributed by atoms with Crippen molar-refractivity contribution in [2.24, 2.45) is 0 Å². The summed E-state index contributed by atoms with van der Waals surface area (Å²) >= 11 is 0. The third kappa shape index (κ3) is 15.3. The average Bonchev–Trinajstić information content (AvgIpc) is 2.75. The first-order valence-electron chi connectivity index (χ1n) is 12.3. The Balaban J connectivity index is 0. The number of carbonyl (C=O) groups excluding carboxylic acids is 1. The van der Waals surface area contributed by atoms with Gasteiger partial charge in [-0.25, -0.2) is 21.6 Å². The summed E-state index contributed by atoms with van der Waals surface area (Å²) in [4.78, 5) is 11.4. The van der Waals surface area contributed by atoms with Crippen LogP contribution in [0, 0.1) is 0 Å². The Morgan fingerprint density at radius 1 is 0.737 bits per heavy atom. The Kier molecular flexibility index (Phi) is 17.7. The molecule has 8 nitrogen and oxygen atoms in total. The molecule has 0 aromatic heterocycles. The van der Waals surface area contributed by atoms with Gasteiger partial charge in [0.2, 0.25) is 0 Å². The quantitative estimate of drug-likeness (QED) is 0.0645. The van der Waals surface area contributed by atoms with Crippen LogP contribution in [-0.2, 0) is 29.6 Å². The van der Waals surface area contributed by atoms with E-state index in [4.69, 9.17) is 4.74 Å². The molecule has 0 radical (unpaired) electrons. The first kappa shape index (κ1) is 38.8. The Morgan fingerprint density at radius 2 is 1.16 bits per heavy atom. The van der Waals surface area contributed by atoms with Gasteiger partial charge in [-0.15, -0.1) is 0 Å². The topological polar surface area (TPSA) is 109 Å². The van der Waals surface area contributed by atoms with Crippen molar-refractivity contribution in [2.45, 2.75) is 90.1 Å². The maximum Gasteiger partial charge on any atom is 0.480 e. The van der Waals surface area contributed by atoms with E-state index < -0.39 is 31.1 Å². The molecule has 228 valence electrons. The van der Waals surface area contributed by atoms with Crippen LogP contribution in [0.15, 0.2) is 12.2 Å². The highest BCUT2D eigenvalue weighted by molar-refractivity contribution is 8.13. The monoisotopic (exact) mass is 606 g/mol. The van der Waals surface area contributed by atoms with Crippen molar-refractivity contribution in [3.63, 3.8) is 0 Å². The molecule has 0 aliphatic heterocycles. The van der Waals surface area contributed by atoms with Crippen molar-refractivity contribution in [2.75, 3.05) is 32.8 Å². The van der Waals surface area contributed by atoms with Gasteiger partial charge in [0.25, 0.3) is 0 Å². The lowest BCUT2D eigenvalue weighted by atomic mass is 10.1. The van der Waals surface area contributed by atoms with Gasteiger partial charge in [-0.1, -0.05) is 40.2 Å². The molecule has 0 bridgehead atoms. The van der Waals surface area contributed by atoms with Gasteiger partial charge in [-0.3, -0.25) is 0 Å². The van der Waals surface area contributed by atoms with Crippen molar-refractivity contribution < 1.29 is 57.2 Å². The molecule has 0 saturated carbocycles. The highest BCUT2D eigenvalue weighted by Gasteiger charge is 2.46. The zero-order valence-electron chi connectivity index (χ0n) is 22.3. The van der Waals surface area contributed by atoms with E-state index >= 15 is 0 Å². The molecule has 38 heavy (non-hydrogen) atoms. The smallest absolute Gasteiger partial charge is 0.462 e. The zero-order chi connectivity index (χ0) is 30.3. The van der Waals surface area contributed by atoms with Crippen molar-refractivity contribution in [3.05, 3.63) is 16.3 Å². The van der Waals surface area contributed by atoms with Crippen LogP contribution in [0.1, 0.15) is 79.1 Å². The molecule has 0 atom stereocenters. The zero-order valence-corrected chi connectivity index (χ0v) is 24.0. The molecule has 16 heteroatoms. The van der Waals surface area contributed by atoms with E-state index in [1.165, 1.54) is 69.2 Å². The van der Waals surface area contributed by atoms with E-state index in [1.807, 2.05) is 0 Å². The van der Waals surface area contributed by atoms with Crippen molar-refractivity contribution in [3.8, 4) is 0 Å². The second-order valence-corrected chi connectivity index (χ2v) is 12.3. The molecule has 0 rings (SSSR count). The molecular formula is C22H40F6N2O6S2. The highest BCUT2D eigenvalue weighted by atomic mass is 32.3. The lowest BCUT2D eigenvalue weighted by Crippen LogP contribution is -2.50. The fourth-order valence-electron chi connectivity index (χ4n) is 3.54. The summed E-state index contributed by atoms with van der Waals surface area (Å²) in [6, 6.07) is 0. The summed E-state index contributed by atoms with van der Waals surface area (Å²) in [6.45, 7) is 17.8. The molecule has 0 aliphatic rings. The first-order valence-corrected chi connectivity index (χ1v) is 15.1. The Morgan fingerprint density at radius 3 is 1.50 bits per heavy atom. The van der Waals surface area contributed by atoms with Crippen LogP contribution >= 0.6 is 0 Å². The predicted octanol–water partition coefficient (Wildman–Crippen LogP) is 6.16. The summed E-state index contributed by atoms with van der Waals surface area (Å²) in [5.74, 6) is -0.257. The minimum atomic E-state index is -6.72. The molecule has 0 saturated heterocycles. The first-order chi connectivity index (χ1) is 17.2. The number of halogens is 6. The number of esters is 1. The number of quaternary nitrogens is 1. The number of unbranched alkanes of at least 4 members (excludes halogenated alkanes) is 4. The third-order valence-corrected chi connectivity index (χ3v) is 8.01. The largest absolute Gasteiger partial charge is 0.480 e. The third-order valence-electron chi connectivity index (χ3n) is 5.27. The maximum atomic E-state index is 11.4. The van der Waals surface area contributed by atoms with Gasteiger partial charge in [0, 0.05) is 5.57 Å². The number of hydrogen-bond acceptors (Lipinski definition) is 6. The van der Waals surface area contributed by atoms with Gasteiger partial charge in [-0.05, 0) is 45.4 Å². The maximum absolute atomic E-state index is 11.4. The fourth-order valence-corrected chi connectivity index (χ4v) is 5.25. The lowest BCUT2D eigenvalue weighted by molar-refractivity contribution is -0.928. The number of sulfonamides is 2. The van der Waals surface area contributed by atoms with E-state index in [1.54, 1.807) is 6.92 Å². The van der Waals surface area contributed by atoms with Gasteiger partial charge in [0.1, 0.15) is 0 Å². The molecule has 0 aromatic carbocycles. The van der Waals surface area contributed by atoms with E-state index in [0.717, 1.165) is 17.0 Å². The summed E-state index contributed by atoms with van der Waals surface area (Å²) in [7, 11) is -13.4. The Labute approximate surface area is 222 Å². The minimum absolute atomic E-state index is 0.257. The van der Waals surface area contributed by atoms with E-state index in [9.17, 15) is 48.0 Å². The molecule has 0 N–H and O–H groups in total. The number of nitrogens with zero attached hydrogens (tertiary/aromatic N) is 2. The van der Waals surface area contributed by atoms with Gasteiger partial charge in [-0.2, -0.15) is 26.3 Å². The number of ether oxygens (including phenoxy) is 1. The Hall–Kier alpha value is -1.39. The van der Waals surface area contributed by atoms with Crippen LogP contribution in [0.2, 0.25) is 0 Å². The van der Waals surface area contributed by atoms with Gasteiger partial charge >= 0.3 is 17.0 Å². The van der Waals surface area contributed by atoms with Crippen LogP contribution in [0.25, 0.3) is 4.13 Å². The molecule has 0 amide bonds. The van der Waals surface area contributed by atoms with Crippen molar-refractivity contribution in [1.82, 2.24) is 0 Å². The number of hydrogen-bond donors (Lipinski definition) is 0. The molecule has 0 fully saturated rings. The Bertz CT molecular complexity index is 872. The van der Waals surface area contributed by atoms with Crippen LogP contribution in [-0.4, -0.2) is 71.1 Å². The second kappa shape index (κ2) is 17.3. The SMILES string of the molecule is C=C(C)C(=O)OCCCC[N+](CCC)(CCC)CCCCCC.O=S(=O)([N-]S(=O)(=O)C(F)(F)F)C(F)(F)F. The molecule has 0 aromatic rings. The molecule has 0 heterocycles. The molecule has 0 spiro atoms. The molecule has 0 aliphatic carbocycles. The van der Waals surface area contributed by atoms with Crippen molar-refractivity contribution in [1.29, 1.82) is 0 Å². The summed E-state index contributed by atoms with van der Waals surface area (Å²) in [5, 5.41) is 0. The minimum Gasteiger partial charge on any atom is -0.462 e. The normalized spacial score (nSPS) is 13.0. The number of carbonyl (C=O) groups is 1. The molecule has 0 unspecified atom stereocenters. The van der Waals surface area contributed by atoms with E-state index in [0.29, 0.717) is 12.2 Å². The van der Waals surface area contributed by atoms with Gasteiger partial charge in [0.15, 0.2) is 20.0 Å². The fraction of sp³-hybridized carbons (Fsp3) is 0.864. The van der Waals surface area contributed by atoms with Crippen LogP contribution in [0.5, 0.6) is 0 Å². The number of alkyl halides is 6. The molecular weight excluding hydrogens is 566 g/mol. The standard InChI is InChI=1S/C20H40NO2.C2F6NO4S2/c1-6-9-10-11-16-21(14-7-2,15-8-3)17-12-13-18-23-20(22)19(4)5;3-1(4,5)14(10,11)9-15(12,13)2(6,7)8/h4,6-18H2,1-3,5H3;/q+1;-1. The predicted molar refractivity (Wildman–Crippen MR) is 133 cm³/mol. The summed E-state index contributed by atoms with van der Waals surface area (Å²) < 4.78 is 116.